The molecule has 3 heterocycles. The summed E-state index contributed by atoms with van der Waals surface area (Å²) in [5.41, 5.74) is 3.53. The van der Waals surface area contributed by atoms with E-state index in [2.05, 4.69) is 53.0 Å². The van der Waals surface area contributed by atoms with Crippen LogP contribution in [0, 0.1) is 5.92 Å². The Morgan fingerprint density at radius 2 is 1.73 bits per heavy atom. The number of piperidine rings is 1. The first-order valence-electron chi connectivity index (χ1n) is 13.3. The fourth-order valence-corrected chi connectivity index (χ4v) is 6.62. The van der Waals surface area contributed by atoms with Gasteiger partial charge in [-0.25, -0.2) is 0 Å². The summed E-state index contributed by atoms with van der Waals surface area (Å²) in [6.45, 7) is 7.38. The molecule has 0 N–H and O–H groups in total. The van der Waals surface area contributed by atoms with Crippen molar-refractivity contribution in [3.63, 3.8) is 0 Å². The van der Waals surface area contributed by atoms with E-state index in [1.54, 1.807) is 0 Å². The van der Waals surface area contributed by atoms with Gasteiger partial charge in [-0.3, -0.25) is 14.0 Å². The Morgan fingerprint density at radius 3 is 2.43 bits per heavy atom. The van der Waals surface area contributed by atoms with E-state index >= 15 is 0 Å². The van der Waals surface area contributed by atoms with Crippen LogP contribution in [0.3, 0.4) is 0 Å². The molecule has 0 radical (unpaired) electrons. The maximum absolute atomic E-state index is 13.1. The van der Waals surface area contributed by atoms with Gasteiger partial charge in [0.15, 0.2) is 0 Å². The van der Waals surface area contributed by atoms with Gasteiger partial charge < -0.3 is 14.2 Å². The monoisotopic (exact) mass is 564 g/mol. The van der Waals surface area contributed by atoms with E-state index in [0.717, 1.165) is 71.3 Å². The molecule has 0 amide bonds. The molecule has 37 heavy (non-hydrogen) atoms. The Bertz CT molecular complexity index is 1570. The summed E-state index contributed by atoms with van der Waals surface area (Å²) in [5.74, 6) is 0.584. The van der Waals surface area contributed by atoms with Gasteiger partial charge in [-0.2, -0.15) is 4.98 Å². The van der Waals surface area contributed by atoms with Gasteiger partial charge in [-0.1, -0.05) is 18.9 Å². The van der Waals surface area contributed by atoms with Crippen LogP contribution in [0.4, 0.5) is 5.69 Å². The maximum atomic E-state index is 13.1. The van der Waals surface area contributed by atoms with Gasteiger partial charge in [0.2, 0.25) is 5.78 Å². The van der Waals surface area contributed by atoms with Crippen molar-refractivity contribution in [2.45, 2.75) is 70.9 Å². The molecule has 6 rings (SSSR count). The van der Waals surface area contributed by atoms with Crippen LogP contribution in [0.1, 0.15) is 65.3 Å². The molecule has 0 unspecified atom stereocenters. The lowest BCUT2D eigenvalue weighted by Crippen LogP contribution is -2.38. The third-order valence-electron chi connectivity index (χ3n) is 7.81. The van der Waals surface area contributed by atoms with Gasteiger partial charge in [0.25, 0.3) is 5.56 Å². The van der Waals surface area contributed by atoms with Gasteiger partial charge in [0.1, 0.15) is 5.60 Å². The first-order chi connectivity index (χ1) is 17.7. The predicted molar refractivity (Wildman–Crippen MR) is 150 cm³/mol. The highest BCUT2D eigenvalue weighted by molar-refractivity contribution is 9.10. The molecule has 0 bridgehead atoms. The Kier molecular flexibility index (Phi) is 6.05. The minimum Gasteiger partial charge on any atom is -0.460 e. The highest BCUT2D eigenvalue weighted by Gasteiger charge is 2.30. The lowest BCUT2D eigenvalue weighted by Gasteiger charge is -2.34. The molecule has 1 saturated carbocycles. The third-order valence-corrected chi connectivity index (χ3v) is 8.47. The molecule has 8 heteroatoms. The van der Waals surface area contributed by atoms with Crippen molar-refractivity contribution in [2.24, 2.45) is 5.92 Å². The van der Waals surface area contributed by atoms with Crippen LogP contribution in [-0.4, -0.2) is 38.6 Å². The van der Waals surface area contributed by atoms with Crippen LogP contribution in [0.25, 0.3) is 27.7 Å². The average molecular weight is 566 g/mol. The zero-order valence-corrected chi connectivity index (χ0v) is 23.3. The van der Waals surface area contributed by atoms with Crippen LogP contribution in [0.5, 0.6) is 0 Å². The Balaban J connectivity index is 1.43. The fraction of sp³-hybridized carbons (Fsp3) is 0.483. The van der Waals surface area contributed by atoms with Gasteiger partial charge in [0, 0.05) is 29.3 Å². The van der Waals surface area contributed by atoms with Crippen molar-refractivity contribution in [1.82, 2.24) is 14.0 Å². The van der Waals surface area contributed by atoms with Gasteiger partial charge in [0.05, 0.1) is 27.9 Å². The van der Waals surface area contributed by atoms with E-state index in [1.807, 2.05) is 39.0 Å². The van der Waals surface area contributed by atoms with Gasteiger partial charge in [-0.15, -0.1) is 0 Å². The number of hydrogen-bond donors (Lipinski definition) is 0. The van der Waals surface area contributed by atoms with Crippen molar-refractivity contribution in [2.75, 3.05) is 18.0 Å². The second-order valence-corrected chi connectivity index (χ2v) is 12.3. The molecule has 2 fully saturated rings. The number of esters is 1. The summed E-state index contributed by atoms with van der Waals surface area (Å²) in [4.78, 5) is 32.7. The van der Waals surface area contributed by atoms with Crippen molar-refractivity contribution < 1.29 is 9.53 Å². The predicted octanol–water partition coefficient (Wildman–Crippen LogP) is 6.24. The summed E-state index contributed by atoms with van der Waals surface area (Å²) < 4.78 is 10.9. The van der Waals surface area contributed by atoms with Gasteiger partial charge in [-0.05, 0) is 92.7 Å². The zero-order chi connectivity index (χ0) is 25.9. The van der Waals surface area contributed by atoms with E-state index in [0.29, 0.717) is 11.4 Å². The fourth-order valence-electron chi connectivity index (χ4n) is 6.09. The number of aromatic nitrogens is 3. The summed E-state index contributed by atoms with van der Waals surface area (Å²) >= 11 is 3.57. The molecule has 1 saturated heterocycles. The summed E-state index contributed by atoms with van der Waals surface area (Å²) in [5, 5.41) is 0.610. The number of fused-ring (bicyclic) bond motifs is 5. The molecule has 1 aliphatic carbocycles. The normalized spacial score (nSPS) is 17.9. The molecule has 0 atom stereocenters. The molecule has 2 aliphatic rings. The molecule has 7 nitrogen and oxygen atoms in total. The summed E-state index contributed by atoms with van der Waals surface area (Å²) in [6.07, 6.45) is 6.14. The number of nitrogens with zero attached hydrogens (tertiary/aromatic N) is 4. The summed E-state index contributed by atoms with van der Waals surface area (Å²) in [7, 11) is 0. The highest BCUT2D eigenvalue weighted by atomic mass is 79.9. The Labute approximate surface area is 224 Å². The van der Waals surface area contributed by atoms with Crippen molar-refractivity contribution >= 4 is 55.3 Å². The number of rotatable bonds is 3. The van der Waals surface area contributed by atoms with E-state index in [4.69, 9.17) is 4.74 Å². The van der Waals surface area contributed by atoms with Crippen molar-refractivity contribution in [3.8, 4) is 0 Å². The van der Waals surface area contributed by atoms with Crippen LogP contribution in [0.15, 0.2) is 45.7 Å². The smallest absolute Gasteiger partial charge is 0.309 e. The van der Waals surface area contributed by atoms with E-state index in [1.165, 1.54) is 12.8 Å². The number of ether oxygens (including phenoxy) is 1. The molecular formula is C29H33BrN4O3. The number of hydrogen-bond acceptors (Lipinski definition) is 5. The number of carbonyl (C=O) groups is 1. The molecule has 2 aromatic heterocycles. The molecule has 1 aliphatic heterocycles. The quantitative estimate of drug-likeness (QED) is 0.275. The lowest BCUT2D eigenvalue weighted by molar-refractivity contribution is -0.160. The second kappa shape index (κ2) is 9.15. The van der Waals surface area contributed by atoms with Crippen LogP contribution in [-0.2, 0) is 9.53 Å². The van der Waals surface area contributed by atoms with Crippen LogP contribution in [0.2, 0.25) is 0 Å². The van der Waals surface area contributed by atoms with E-state index in [9.17, 15) is 9.59 Å². The molecule has 2 aromatic carbocycles. The minimum atomic E-state index is -0.456. The minimum absolute atomic E-state index is 0.0517. The standard InChI is InChI=1S/C29H33BrN4O3/c1-29(2,3)37-27(36)18-13-15-32(16-14-18)20-11-12-22-24(17-20)33(19-7-4-5-8-19)28-31-26(35)25-21(30)9-6-10-23(25)34(22)28/h6,9-12,17-19H,4-5,7-8,13-16H2,1-3H3. The molecule has 194 valence electrons. The lowest BCUT2D eigenvalue weighted by atomic mass is 9.96. The number of imidazole rings is 1. The molecular weight excluding hydrogens is 532 g/mol. The molecule has 4 aromatic rings. The maximum Gasteiger partial charge on any atom is 0.309 e. The first kappa shape index (κ1) is 24.5. The Morgan fingerprint density at radius 1 is 1.00 bits per heavy atom. The first-order valence-corrected chi connectivity index (χ1v) is 14.1. The SMILES string of the molecule is CC(C)(C)OC(=O)C1CCN(c2ccc3c(c2)n(C2CCCC2)c2nc(=O)c4c(Br)cccc4n32)CC1. The van der Waals surface area contributed by atoms with E-state index < -0.39 is 5.60 Å². The number of anilines is 1. The van der Waals surface area contributed by atoms with Crippen molar-refractivity contribution in [1.29, 1.82) is 0 Å². The van der Waals surface area contributed by atoms with Crippen molar-refractivity contribution in [3.05, 3.63) is 51.2 Å². The zero-order valence-electron chi connectivity index (χ0n) is 21.7. The number of halogens is 1. The third kappa shape index (κ3) is 4.33. The largest absolute Gasteiger partial charge is 0.460 e. The topological polar surface area (TPSA) is 68.8 Å². The molecule has 0 spiro atoms. The number of carbonyl (C=O) groups excluding carboxylic acids is 1. The second-order valence-electron chi connectivity index (χ2n) is 11.5. The summed E-state index contributed by atoms with van der Waals surface area (Å²) in [6, 6.07) is 12.8. The average Bonchev–Trinajstić information content (AvgIpc) is 3.48. The Hall–Kier alpha value is -2.87. The van der Waals surface area contributed by atoms with Crippen LogP contribution < -0.4 is 10.5 Å². The van der Waals surface area contributed by atoms with E-state index in [-0.39, 0.29) is 17.4 Å². The number of benzene rings is 2. The van der Waals surface area contributed by atoms with Crippen LogP contribution >= 0.6 is 15.9 Å². The highest BCUT2D eigenvalue weighted by Crippen LogP contribution is 2.37. The van der Waals surface area contributed by atoms with Gasteiger partial charge >= 0.3 is 5.97 Å².